The second-order valence-corrected chi connectivity index (χ2v) is 6.59. The minimum Gasteiger partial charge on any atom is -0.497 e. The van der Waals surface area contributed by atoms with Crippen LogP contribution in [0.4, 0.5) is 5.69 Å². The third kappa shape index (κ3) is 1.98. The molecule has 0 radical (unpaired) electrons. The SMILES string of the molecule is COc1ccc2nc(C3(c4ccc(N)cc4)CC3)sc2c1. The van der Waals surface area contributed by atoms with E-state index < -0.39 is 0 Å². The Kier molecular flexibility index (Phi) is 2.69. The highest BCUT2D eigenvalue weighted by molar-refractivity contribution is 7.18. The summed E-state index contributed by atoms with van der Waals surface area (Å²) in [7, 11) is 1.69. The molecule has 4 rings (SSSR count). The molecular formula is C17H16N2OS. The molecule has 4 heteroatoms. The number of nitrogen functional groups attached to an aromatic ring is 1. The van der Waals surface area contributed by atoms with Crippen LogP contribution in [0.3, 0.4) is 0 Å². The molecule has 0 spiro atoms. The minimum absolute atomic E-state index is 0.102. The molecule has 106 valence electrons. The average molecular weight is 296 g/mol. The zero-order valence-corrected chi connectivity index (χ0v) is 12.6. The highest BCUT2D eigenvalue weighted by Crippen LogP contribution is 2.55. The Bertz CT molecular complexity index is 803. The van der Waals surface area contributed by atoms with Gasteiger partial charge in [-0.3, -0.25) is 0 Å². The molecule has 0 unspecified atom stereocenters. The van der Waals surface area contributed by atoms with Gasteiger partial charge < -0.3 is 10.5 Å². The van der Waals surface area contributed by atoms with Crippen LogP contribution < -0.4 is 10.5 Å². The minimum atomic E-state index is 0.102. The molecule has 3 aromatic rings. The van der Waals surface area contributed by atoms with Gasteiger partial charge in [-0.25, -0.2) is 4.98 Å². The molecule has 1 aliphatic carbocycles. The number of methoxy groups -OCH3 is 1. The molecule has 0 amide bonds. The van der Waals surface area contributed by atoms with Crippen LogP contribution in [0.2, 0.25) is 0 Å². The smallest absolute Gasteiger partial charge is 0.120 e. The predicted molar refractivity (Wildman–Crippen MR) is 87.0 cm³/mol. The van der Waals surface area contributed by atoms with E-state index in [4.69, 9.17) is 15.5 Å². The van der Waals surface area contributed by atoms with Gasteiger partial charge in [0.15, 0.2) is 0 Å². The van der Waals surface area contributed by atoms with Crippen LogP contribution in [0.15, 0.2) is 42.5 Å². The lowest BCUT2D eigenvalue weighted by Gasteiger charge is -2.12. The Balaban J connectivity index is 1.80. The van der Waals surface area contributed by atoms with Gasteiger partial charge >= 0.3 is 0 Å². The molecule has 1 fully saturated rings. The second kappa shape index (κ2) is 4.46. The summed E-state index contributed by atoms with van der Waals surface area (Å²) in [4.78, 5) is 4.85. The summed E-state index contributed by atoms with van der Waals surface area (Å²) >= 11 is 1.77. The van der Waals surface area contributed by atoms with Crippen molar-refractivity contribution in [1.29, 1.82) is 0 Å². The molecular weight excluding hydrogens is 280 g/mol. The van der Waals surface area contributed by atoms with Crippen molar-refractivity contribution in [2.75, 3.05) is 12.8 Å². The van der Waals surface area contributed by atoms with E-state index in [9.17, 15) is 0 Å². The lowest BCUT2D eigenvalue weighted by molar-refractivity contribution is 0.415. The number of nitrogens with two attached hydrogens (primary N) is 1. The van der Waals surface area contributed by atoms with E-state index in [-0.39, 0.29) is 5.41 Å². The molecule has 0 atom stereocenters. The number of benzene rings is 2. The van der Waals surface area contributed by atoms with Gasteiger partial charge in [-0.1, -0.05) is 12.1 Å². The maximum Gasteiger partial charge on any atom is 0.120 e. The van der Waals surface area contributed by atoms with Gasteiger partial charge in [-0.2, -0.15) is 0 Å². The lowest BCUT2D eigenvalue weighted by atomic mass is 9.96. The quantitative estimate of drug-likeness (QED) is 0.744. The fraction of sp³-hybridized carbons (Fsp3) is 0.235. The van der Waals surface area contributed by atoms with E-state index in [0.29, 0.717) is 0 Å². The van der Waals surface area contributed by atoms with Crippen LogP contribution in [0.25, 0.3) is 10.2 Å². The van der Waals surface area contributed by atoms with Gasteiger partial charge in [0.1, 0.15) is 10.8 Å². The molecule has 1 aromatic heterocycles. The number of anilines is 1. The molecule has 0 saturated heterocycles. The van der Waals surface area contributed by atoms with E-state index in [1.807, 2.05) is 24.3 Å². The standard InChI is InChI=1S/C17H16N2OS/c1-20-13-6-7-14-15(10-13)21-16(19-14)17(8-9-17)11-2-4-12(18)5-3-11/h2-7,10H,8-9,18H2,1H3. The van der Waals surface area contributed by atoms with E-state index in [1.165, 1.54) is 15.3 Å². The molecule has 21 heavy (non-hydrogen) atoms. The molecule has 2 N–H and O–H groups in total. The lowest BCUT2D eigenvalue weighted by Crippen LogP contribution is -2.07. The van der Waals surface area contributed by atoms with Crippen LogP contribution in [-0.4, -0.2) is 12.1 Å². The number of thiazole rings is 1. The zero-order chi connectivity index (χ0) is 14.4. The molecule has 1 aliphatic rings. The van der Waals surface area contributed by atoms with Gasteiger partial charge in [-0.05, 0) is 48.7 Å². The summed E-state index contributed by atoms with van der Waals surface area (Å²) in [6.07, 6.45) is 2.32. The Morgan fingerprint density at radius 2 is 1.90 bits per heavy atom. The van der Waals surface area contributed by atoms with Crippen LogP contribution >= 0.6 is 11.3 Å². The van der Waals surface area contributed by atoms with Crippen LogP contribution in [-0.2, 0) is 5.41 Å². The van der Waals surface area contributed by atoms with E-state index >= 15 is 0 Å². The first-order valence-electron chi connectivity index (χ1n) is 7.02. The molecule has 1 heterocycles. The maximum absolute atomic E-state index is 5.80. The number of nitrogens with zero attached hydrogens (tertiary/aromatic N) is 1. The number of hydrogen-bond acceptors (Lipinski definition) is 4. The third-order valence-corrected chi connectivity index (χ3v) is 5.44. The highest BCUT2D eigenvalue weighted by Gasteiger charge is 2.48. The largest absolute Gasteiger partial charge is 0.497 e. The molecule has 0 aliphatic heterocycles. The van der Waals surface area contributed by atoms with Crippen molar-refractivity contribution in [2.45, 2.75) is 18.3 Å². The van der Waals surface area contributed by atoms with Crippen LogP contribution in [0.1, 0.15) is 23.4 Å². The highest BCUT2D eigenvalue weighted by atomic mass is 32.1. The molecule has 0 bridgehead atoms. The van der Waals surface area contributed by atoms with Gasteiger partial charge in [0, 0.05) is 11.1 Å². The van der Waals surface area contributed by atoms with Crippen molar-refractivity contribution in [3.05, 3.63) is 53.0 Å². The summed E-state index contributed by atoms with van der Waals surface area (Å²) in [6.45, 7) is 0. The number of hydrogen-bond donors (Lipinski definition) is 1. The van der Waals surface area contributed by atoms with Crippen LogP contribution in [0.5, 0.6) is 5.75 Å². The average Bonchev–Trinajstić information content (AvgIpc) is 3.20. The van der Waals surface area contributed by atoms with Crippen molar-refractivity contribution in [3.63, 3.8) is 0 Å². The summed E-state index contributed by atoms with van der Waals surface area (Å²) in [6, 6.07) is 14.3. The Morgan fingerprint density at radius 3 is 2.57 bits per heavy atom. The maximum atomic E-state index is 5.80. The van der Waals surface area contributed by atoms with Crippen molar-refractivity contribution < 1.29 is 4.74 Å². The first-order valence-corrected chi connectivity index (χ1v) is 7.84. The summed E-state index contributed by atoms with van der Waals surface area (Å²) in [5.41, 5.74) is 9.08. The Morgan fingerprint density at radius 1 is 1.14 bits per heavy atom. The number of aromatic nitrogens is 1. The predicted octanol–water partition coefficient (Wildman–Crippen LogP) is 3.97. The van der Waals surface area contributed by atoms with E-state index in [1.54, 1.807) is 18.4 Å². The Labute approximate surface area is 127 Å². The molecule has 3 nitrogen and oxygen atoms in total. The number of ether oxygens (including phenoxy) is 1. The van der Waals surface area contributed by atoms with Crippen molar-refractivity contribution in [2.24, 2.45) is 0 Å². The first kappa shape index (κ1) is 12.7. The van der Waals surface area contributed by atoms with Crippen molar-refractivity contribution >= 4 is 27.2 Å². The van der Waals surface area contributed by atoms with Gasteiger partial charge in [-0.15, -0.1) is 11.3 Å². The monoisotopic (exact) mass is 296 g/mol. The topological polar surface area (TPSA) is 48.1 Å². The fourth-order valence-corrected chi connectivity index (χ4v) is 4.05. The first-order chi connectivity index (χ1) is 10.2. The zero-order valence-electron chi connectivity index (χ0n) is 11.8. The summed E-state index contributed by atoms with van der Waals surface area (Å²) < 4.78 is 6.48. The second-order valence-electron chi connectivity index (χ2n) is 5.56. The normalized spacial score (nSPS) is 16.0. The van der Waals surface area contributed by atoms with Crippen molar-refractivity contribution in [3.8, 4) is 5.75 Å². The molecule has 2 aromatic carbocycles. The van der Waals surface area contributed by atoms with Crippen molar-refractivity contribution in [1.82, 2.24) is 4.98 Å². The number of rotatable bonds is 3. The molecule has 1 saturated carbocycles. The summed E-state index contributed by atoms with van der Waals surface area (Å²) in [5, 5.41) is 1.20. The van der Waals surface area contributed by atoms with E-state index in [0.717, 1.165) is 29.8 Å². The summed E-state index contributed by atoms with van der Waals surface area (Å²) in [5.74, 6) is 0.884. The third-order valence-electron chi connectivity index (χ3n) is 4.22. The van der Waals surface area contributed by atoms with Gasteiger partial charge in [0.25, 0.3) is 0 Å². The number of fused-ring (bicyclic) bond motifs is 1. The van der Waals surface area contributed by atoms with Gasteiger partial charge in [0.05, 0.1) is 17.3 Å². The van der Waals surface area contributed by atoms with E-state index in [2.05, 4.69) is 18.2 Å². The van der Waals surface area contributed by atoms with Gasteiger partial charge in [0.2, 0.25) is 0 Å². The fourth-order valence-electron chi connectivity index (χ4n) is 2.79. The van der Waals surface area contributed by atoms with Crippen LogP contribution in [0, 0.1) is 0 Å². The Hall–Kier alpha value is -2.07.